The van der Waals surface area contributed by atoms with Crippen molar-refractivity contribution in [2.75, 3.05) is 18.9 Å². The maximum absolute atomic E-state index is 12.9. The second-order valence-corrected chi connectivity index (χ2v) is 8.31. The molecule has 1 amide bonds. The summed E-state index contributed by atoms with van der Waals surface area (Å²) in [6.07, 6.45) is -5.17. The number of ether oxygens (including phenoxy) is 2. The monoisotopic (exact) mass is 508 g/mol. The molecular weight excluding hydrogens is 493 g/mol. The molecule has 33 heavy (non-hydrogen) atoms. The number of benzene rings is 2. The third-order valence-corrected chi connectivity index (χ3v) is 5.87. The lowest BCUT2D eigenvalue weighted by molar-refractivity contribution is -0.274. The molecule has 0 atom stereocenters. The zero-order valence-electron chi connectivity index (χ0n) is 16.8. The summed E-state index contributed by atoms with van der Waals surface area (Å²) < 4.78 is 75.5. The smallest absolute Gasteiger partial charge is 0.495 e. The summed E-state index contributed by atoms with van der Waals surface area (Å²) in [6, 6.07) is 7.09. The minimum Gasteiger partial charge on any atom is -0.495 e. The van der Waals surface area contributed by atoms with Gasteiger partial charge in [-0.1, -0.05) is 23.7 Å². The summed E-state index contributed by atoms with van der Waals surface area (Å²) in [5, 5.41) is 6.73. The number of hydrogen-bond donors (Lipinski definition) is 4. The highest BCUT2D eigenvalue weighted by Crippen LogP contribution is 2.40. The summed E-state index contributed by atoms with van der Waals surface area (Å²) in [6.45, 7) is 0. The first-order valence-electron chi connectivity index (χ1n) is 8.80. The quantitative estimate of drug-likeness (QED) is 0.466. The van der Waals surface area contributed by atoms with Gasteiger partial charge in [0.05, 0.1) is 17.7 Å². The number of halogens is 4. The largest absolute Gasteiger partial charge is 0.573 e. The number of hydrazone groups is 1. The number of amides is 1. The Hall–Kier alpha value is -3.43. The number of anilines is 1. The third-order valence-electron chi connectivity index (χ3n) is 4.09. The van der Waals surface area contributed by atoms with Gasteiger partial charge in [-0.05, 0) is 24.3 Å². The second-order valence-electron chi connectivity index (χ2n) is 6.28. The summed E-state index contributed by atoms with van der Waals surface area (Å²) in [7, 11) is -1.79. The number of carbonyl (C=O) groups is 1. The van der Waals surface area contributed by atoms with Crippen molar-refractivity contribution in [2.45, 2.75) is 11.3 Å². The van der Waals surface area contributed by atoms with E-state index in [1.165, 1.54) is 43.4 Å². The average molecular weight is 509 g/mol. The molecule has 1 heterocycles. The predicted octanol–water partition coefficient (Wildman–Crippen LogP) is 2.00. The lowest BCUT2D eigenvalue weighted by Crippen LogP contribution is -2.45. The maximum atomic E-state index is 12.9. The third kappa shape index (κ3) is 5.50. The number of para-hydroxylation sites is 1. The number of alkyl halides is 3. The molecule has 2 aromatic rings. The van der Waals surface area contributed by atoms with E-state index >= 15 is 0 Å². The number of hydrazine groups is 2. The van der Waals surface area contributed by atoms with Crippen LogP contribution in [0.1, 0.15) is 10.4 Å². The summed E-state index contributed by atoms with van der Waals surface area (Å²) in [5.41, 5.74) is 3.74. The van der Waals surface area contributed by atoms with Crippen LogP contribution >= 0.6 is 11.6 Å². The van der Waals surface area contributed by atoms with Gasteiger partial charge in [-0.25, -0.2) is 14.0 Å². The Morgan fingerprint density at radius 1 is 1.18 bits per heavy atom. The van der Waals surface area contributed by atoms with E-state index in [0.29, 0.717) is 0 Å². The molecular formula is C17H16ClF3N6O5S. The molecule has 11 nitrogen and oxygen atoms in total. The van der Waals surface area contributed by atoms with Crippen molar-refractivity contribution in [3.63, 3.8) is 0 Å². The molecule has 0 aliphatic carbocycles. The molecule has 0 spiro atoms. The van der Waals surface area contributed by atoms with Crippen LogP contribution in [0, 0.1) is 0 Å². The zero-order chi connectivity index (χ0) is 24.4. The summed E-state index contributed by atoms with van der Waals surface area (Å²) in [5.74, 6) is -1.91. The van der Waals surface area contributed by atoms with Gasteiger partial charge in [-0.15, -0.1) is 23.8 Å². The number of rotatable bonds is 6. The molecule has 2 aromatic carbocycles. The van der Waals surface area contributed by atoms with Crippen molar-refractivity contribution in [1.29, 1.82) is 0 Å². The van der Waals surface area contributed by atoms with E-state index in [9.17, 15) is 26.4 Å². The van der Waals surface area contributed by atoms with Crippen LogP contribution in [0.5, 0.6) is 11.5 Å². The minimum atomic E-state index is -5.17. The van der Waals surface area contributed by atoms with Crippen LogP contribution in [0.25, 0.3) is 0 Å². The van der Waals surface area contributed by atoms with E-state index in [0.717, 1.165) is 12.1 Å². The first kappa shape index (κ1) is 24.2. The Balaban J connectivity index is 2.05. The van der Waals surface area contributed by atoms with E-state index in [1.807, 2.05) is 4.72 Å². The van der Waals surface area contributed by atoms with Crippen LogP contribution in [0.15, 0.2) is 46.4 Å². The van der Waals surface area contributed by atoms with Crippen LogP contribution < -0.4 is 30.6 Å². The molecule has 0 saturated heterocycles. The van der Waals surface area contributed by atoms with Crippen molar-refractivity contribution in [3.8, 4) is 11.5 Å². The van der Waals surface area contributed by atoms with Crippen molar-refractivity contribution in [2.24, 2.45) is 5.10 Å². The lowest BCUT2D eigenvalue weighted by atomic mass is 10.1. The number of methoxy groups -OCH3 is 1. The highest BCUT2D eigenvalue weighted by atomic mass is 35.5. The maximum Gasteiger partial charge on any atom is 0.573 e. The number of nitrogens with zero attached hydrogens (tertiary/aromatic N) is 2. The van der Waals surface area contributed by atoms with Gasteiger partial charge in [0.1, 0.15) is 16.3 Å². The van der Waals surface area contributed by atoms with E-state index in [4.69, 9.17) is 16.3 Å². The van der Waals surface area contributed by atoms with E-state index in [-0.39, 0.29) is 22.2 Å². The fourth-order valence-electron chi connectivity index (χ4n) is 2.63. The molecule has 0 bridgehead atoms. The number of sulfonamides is 1. The van der Waals surface area contributed by atoms with E-state index < -0.39 is 38.8 Å². The number of guanidine groups is 1. The van der Waals surface area contributed by atoms with Crippen molar-refractivity contribution >= 4 is 39.2 Å². The molecule has 16 heteroatoms. The molecule has 1 aliphatic rings. The van der Waals surface area contributed by atoms with Crippen LogP contribution in [-0.2, 0) is 10.0 Å². The van der Waals surface area contributed by atoms with E-state index in [2.05, 4.69) is 26.2 Å². The van der Waals surface area contributed by atoms with Crippen molar-refractivity contribution < 1.29 is 35.9 Å². The lowest BCUT2D eigenvalue weighted by Gasteiger charge is -2.19. The van der Waals surface area contributed by atoms with E-state index in [1.54, 1.807) is 0 Å². The van der Waals surface area contributed by atoms with Crippen LogP contribution in [0.2, 0.25) is 5.02 Å². The Morgan fingerprint density at radius 2 is 1.88 bits per heavy atom. The SMILES string of the molecule is COc1ccccc1S(=O)(=O)Nc1c(OC(F)(F)F)ccc(C(=O)NC2=NNNN2C)c1Cl. The number of nitrogens with one attached hydrogen (secondary N) is 4. The van der Waals surface area contributed by atoms with Crippen molar-refractivity contribution in [3.05, 3.63) is 47.0 Å². The van der Waals surface area contributed by atoms with Crippen LogP contribution in [0.3, 0.4) is 0 Å². The van der Waals surface area contributed by atoms with Crippen LogP contribution in [0.4, 0.5) is 18.9 Å². The topological polar surface area (TPSA) is 133 Å². The van der Waals surface area contributed by atoms with Gasteiger partial charge in [-0.2, -0.15) is 0 Å². The number of carbonyl (C=O) groups excluding carboxylic acids is 1. The standard InChI is InChI=1S/C17H16ClF3N6O5S/c1-27-16(23-25-26-27)22-15(28)9-7-8-11(32-17(19,20)21)14(13(9)18)24-33(29,30)12-6-4-3-5-10(12)31-2/h3-8,24-26H,1-2H3,(H,22,23,28). The highest BCUT2D eigenvalue weighted by molar-refractivity contribution is 7.92. The molecule has 0 fully saturated rings. The molecule has 1 aliphatic heterocycles. The fraction of sp³-hybridized carbons (Fsp3) is 0.176. The van der Waals surface area contributed by atoms with Crippen molar-refractivity contribution in [1.82, 2.24) is 21.4 Å². The van der Waals surface area contributed by atoms with Gasteiger partial charge in [0.2, 0.25) is 5.96 Å². The Kier molecular flexibility index (Phi) is 6.76. The molecule has 0 radical (unpaired) electrons. The zero-order valence-corrected chi connectivity index (χ0v) is 18.4. The molecule has 178 valence electrons. The van der Waals surface area contributed by atoms with Gasteiger partial charge < -0.3 is 9.47 Å². The number of hydrogen-bond acceptors (Lipinski definition) is 9. The average Bonchev–Trinajstić information content (AvgIpc) is 3.14. The Bertz CT molecular complexity index is 1210. The van der Waals surface area contributed by atoms with Gasteiger partial charge in [0.15, 0.2) is 5.75 Å². The minimum absolute atomic E-state index is 0.0165. The highest BCUT2D eigenvalue weighted by Gasteiger charge is 2.34. The van der Waals surface area contributed by atoms with Gasteiger partial charge >= 0.3 is 6.36 Å². The summed E-state index contributed by atoms with van der Waals surface area (Å²) >= 11 is 6.18. The Labute approximate surface area is 190 Å². The van der Waals surface area contributed by atoms with Gasteiger partial charge in [0.25, 0.3) is 15.9 Å². The van der Waals surface area contributed by atoms with Crippen LogP contribution in [-0.4, -0.2) is 45.8 Å². The molecule has 0 unspecified atom stereocenters. The normalized spacial score (nSPS) is 13.8. The fourth-order valence-corrected chi connectivity index (χ4v) is 4.23. The first-order valence-corrected chi connectivity index (χ1v) is 10.7. The second kappa shape index (κ2) is 9.21. The molecule has 0 saturated carbocycles. The molecule has 4 N–H and O–H groups in total. The summed E-state index contributed by atoms with van der Waals surface area (Å²) in [4.78, 5) is 12.3. The van der Waals surface area contributed by atoms with Gasteiger partial charge in [-0.3, -0.25) is 19.8 Å². The Morgan fingerprint density at radius 3 is 2.48 bits per heavy atom. The predicted molar refractivity (Wildman–Crippen MR) is 111 cm³/mol. The van der Waals surface area contributed by atoms with Gasteiger partial charge in [0, 0.05) is 7.05 Å². The molecule has 3 rings (SSSR count). The molecule has 0 aromatic heterocycles. The first-order chi connectivity index (χ1) is 15.4.